The number of amides is 4. The molecule has 0 bridgehead atoms. The van der Waals surface area contributed by atoms with Gasteiger partial charge in [0.1, 0.15) is 23.7 Å². The summed E-state index contributed by atoms with van der Waals surface area (Å²) >= 11 is 0. The van der Waals surface area contributed by atoms with Crippen molar-refractivity contribution in [3.63, 3.8) is 0 Å². The number of aromatic nitrogens is 4. The minimum Gasteiger partial charge on any atom is -0.453 e. The van der Waals surface area contributed by atoms with E-state index in [2.05, 4.69) is 32.4 Å². The van der Waals surface area contributed by atoms with Gasteiger partial charge in [0, 0.05) is 24.2 Å². The van der Waals surface area contributed by atoms with Crippen molar-refractivity contribution >= 4 is 35.0 Å². The van der Waals surface area contributed by atoms with Crippen LogP contribution in [0.15, 0.2) is 48.7 Å². The van der Waals surface area contributed by atoms with Crippen LogP contribution in [0.1, 0.15) is 108 Å². The number of likely N-dealkylation sites (tertiary alicyclic amines) is 2. The Hall–Kier alpha value is -5.84. The average molecular weight is 803 g/mol. The first-order valence-corrected chi connectivity index (χ1v) is 20.8. The van der Waals surface area contributed by atoms with E-state index in [1.807, 2.05) is 86.2 Å². The Labute approximate surface area is 344 Å². The predicted molar refractivity (Wildman–Crippen MR) is 221 cm³/mol. The van der Waals surface area contributed by atoms with Gasteiger partial charge >= 0.3 is 12.2 Å². The van der Waals surface area contributed by atoms with Gasteiger partial charge in [0.05, 0.1) is 49.2 Å². The molecule has 2 saturated carbocycles. The lowest BCUT2D eigenvalue weighted by atomic mass is 9.97. The molecule has 4 aliphatic rings. The van der Waals surface area contributed by atoms with Crippen LogP contribution in [-0.4, -0.2) is 93.1 Å². The molecule has 4 N–H and O–H groups in total. The summed E-state index contributed by atoms with van der Waals surface area (Å²) in [6.07, 6.45) is 7.31. The molecule has 14 heteroatoms. The van der Waals surface area contributed by atoms with Crippen molar-refractivity contribution in [3.8, 4) is 23.1 Å². The second-order valence-electron chi connectivity index (χ2n) is 17.6. The summed E-state index contributed by atoms with van der Waals surface area (Å²) in [4.78, 5) is 72.7. The molecule has 14 nitrogen and oxygen atoms in total. The predicted octanol–water partition coefficient (Wildman–Crippen LogP) is 6.61. The Morgan fingerprint density at radius 2 is 1.36 bits per heavy atom. The summed E-state index contributed by atoms with van der Waals surface area (Å²) in [5, 5.41) is 5.53. The Morgan fingerprint density at radius 1 is 0.797 bits per heavy atom. The first-order valence-electron chi connectivity index (χ1n) is 20.8. The van der Waals surface area contributed by atoms with Gasteiger partial charge in [-0.05, 0) is 97.1 Å². The van der Waals surface area contributed by atoms with Gasteiger partial charge in [0.2, 0.25) is 11.8 Å². The zero-order valence-corrected chi connectivity index (χ0v) is 34.7. The fourth-order valence-electron chi connectivity index (χ4n) is 8.86. The lowest BCUT2D eigenvalue weighted by molar-refractivity contribution is -0.136. The van der Waals surface area contributed by atoms with Crippen LogP contribution in [0.25, 0.3) is 22.3 Å². The highest BCUT2D eigenvalue weighted by Crippen LogP contribution is 2.59. The Morgan fingerprint density at radius 3 is 1.93 bits per heavy atom. The number of fused-ring (bicyclic) bond motifs is 1. The highest BCUT2D eigenvalue weighted by atomic mass is 16.5. The van der Waals surface area contributed by atoms with E-state index >= 15 is 0 Å². The fourth-order valence-corrected chi connectivity index (χ4v) is 8.86. The number of aromatic amines is 2. The summed E-state index contributed by atoms with van der Waals surface area (Å²) in [6, 6.07) is 12.1. The van der Waals surface area contributed by atoms with Crippen molar-refractivity contribution in [1.82, 2.24) is 40.4 Å². The molecular weight excluding hydrogens is 749 g/mol. The SMILES string of the molecule is CC[C@@H](C)[C@H](NC(=O)OC)C(=O)N1CC2(CC2)C[C@H]1c1nc2ccc(C#Cc3ccc(-c4cnc([C@@H]5CC6(CC6)CN5C(=O)[C@@H](NC(=O)OC)C(C)C)[nH]4)cc3)cc2[nH]1. The Bertz CT molecular complexity index is 2310. The van der Waals surface area contributed by atoms with E-state index in [9.17, 15) is 19.2 Å². The van der Waals surface area contributed by atoms with Gasteiger partial charge in [-0.2, -0.15) is 0 Å². The third-order valence-corrected chi connectivity index (χ3v) is 13.1. The molecule has 8 rings (SSSR count). The quantitative estimate of drug-likeness (QED) is 0.130. The third-order valence-electron chi connectivity index (χ3n) is 13.1. The molecule has 310 valence electrons. The lowest BCUT2D eigenvalue weighted by Crippen LogP contribution is -2.51. The summed E-state index contributed by atoms with van der Waals surface area (Å²) in [7, 11) is 2.61. The van der Waals surface area contributed by atoms with Crippen molar-refractivity contribution in [2.24, 2.45) is 22.7 Å². The summed E-state index contributed by atoms with van der Waals surface area (Å²) < 4.78 is 9.66. The van der Waals surface area contributed by atoms with Crippen LogP contribution >= 0.6 is 0 Å². The van der Waals surface area contributed by atoms with E-state index in [4.69, 9.17) is 19.4 Å². The van der Waals surface area contributed by atoms with E-state index in [-0.39, 0.29) is 46.6 Å². The van der Waals surface area contributed by atoms with Crippen molar-refractivity contribution in [1.29, 1.82) is 0 Å². The normalized spacial score (nSPS) is 21.2. The smallest absolute Gasteiger partial charge is 0.407 e. The van der Waals surface area contributed by atoms with E-state index < -0.39 is 24.3 Å². The van der Waals surface area contributed by atoms with Gasteiger partial charge in [-0.3, -0.25) is 9.59 Å². The Kier molecular flexibility index (Phi) is 10.7. The number of H-pyrrole nitrogens is 2. The minimum atomic E-state index is -0.692. The molecule has 4 heterocycles. The van der Waals surface area contributed by atoms with Gasteiger partial charge in [-0.25, -0.2) is 19.6 Å². The average Bonchev–Trinajstić information content (AvgIpc) is 3.85. The van der Waals surface area contributed by atoms with E-state index in [1.54, 1.807) is 0 Å². The number of carbonyl (C=O) groups is 4. The molecule has 2 saturated heterocycles. The van der Waals surface area contributed by atoms with Gasteiger partial charge in [0.15, 0.2) is 0 Å². The molecule has 0 radical (unpaired) electrons. The van der Waals surface area contributed by atoms with E-state index in [0.717, 1.165) is 90.0 Å². The van der Waals surface area contributed by atoms with E-state index in [1.165, 1.54) is 14.2 Å². The zero-order valence-electron chi connectivity index (χ0n) is 34.7. The molecule has 2 spiro atoms. The first kappa shape index (κ1) is 40.0. The van der Waals surface area contributed by atoms with Crippen LogP contribution in [0.3, 0.4) is 0 Å². The van der Waals surface area contributed by atoms with Crippen LogP contribution in [0, 0.1) is 34.5 Å². The highest BCUT2D eigenvalue weighted by molar-refractivity contribution is 5.87. The summed E-state index contributed by atoms with van der Waals surface area (Å²) in [6.45, 7) is 9.12. The van der Waals surface area contributed by atoms with Gasteiger partial charge in [-0.1, -0.05) is 58.1 Å². The summed E-state index contributed by atoms with van der Waals surface area (Å²) in [5.74, 6) is 7.68. The van der Waals surface area contributed by atoms with Crippen LogP contribution in [0.2, 0.25) is 0 Å². The lowest BCUT2D eigenvalue weighted by Gasteiger charge is -2.30. The number of benzene rings is 2. The van der Waals surface area contributed by atoms with Crippen molar-refractivity contribution in [2.75, 3.05) is 27.3 Å². The molecule has 2 aromatic heterocycles. The van der Waals surface area contributed by atoms with Crippen LogP contribution in [0.5, 0.6) is 0 Å². The van der Waals surface area contributed by atoms with E-state index in [0.29, 0.717) is 13.1 Å². The number of nitrogens with zero attached hydrogens (tertiary/aromatic N) is 4. The number of ether oxygens (including phenoxy) is 2. The highest BCUT2D eigenvalue weighted by Gasteiger charge is 2.56. The van der Waals surface area contributed by atoms with Crippen LogP contribution in [-0.2, 0) is 19.1 Å². The zero-order chi connectivity index (χ0) is 41.6. The standard InChI is InChI=1S/C45H54N8O6/c1-7-27(4)37(51-43(57)59-6)41(55)53-25-45(18-19-45)22-35(53)39-47-31-15-12-29(20-32(31)48-39)9-8-28-10-13-30(14-11-28)33-23-46-38(49-33)34-21-44(16-17-44)24-52(34)40(54)36(26(2)3)50-42(56)58-5/h10-15,20,23,26-27,34-37H,7,16-19,21-22,24-25H2,1-6H3,(H,46,49)(H,47,48)(H,50,56)(H,51,57)/t27-,34+,35+,36+,37+/m1/s1. The number of rotatable bonds is 10. The molecule has 5 atom stereocenters. The number of hydrogen-bond acceptors (Lipinski definition) is 8. The van der Waals surface area contributed by atoms with Crippen LogP contribution < -0.4 is 10.6 Å². The maximum Gasteiger partial charge on any atom is 0.407 e. The summed E-state index contributed by atoms with van der Waals surface area (Å²) in [5.41, 5.74) is 5.36. The second kappa shape index (κ2) is 15.7. The molecular formula is C45H54N8O6. The topological polar surface area (TPSA) is 175 Å². The van der Waals surface area contributed by atoms with Gasteiger partial charge in [-0.15, -0.1) is 0 Å². The van der Waals surface area contributed by atoms with Gasteiger partial charge in [0.25, 0.3) is 0 Å². The largest absolute Gasteiger partial charge is 0.453 e. The van der Waals surface area contributed by atoms with Gasteiger partial charge < -0.3 is 39.9 Å². The monoisotopic (exact) mass is 802 g/mol. The number of alkyl carbamates (subject to hydrolysis) is 2. The fraction of sp³-hybridized carbons (Fsp3) is 0.511. The molecule has 4 aromatic rings. The molecule has 2 aliphatic carbocycles. The minimum absolute atomic E-state index is 0.0614. The molecule has 2 aromatic carbocycles. The Balaban J connectivity index is 0.959. The molecule has 4 amide bonds. The number of hydrogen-bond donors (Lipinski definition) is 4. The molecule has 59 heavy (non-hydrogen) atoms. The number of imidazole rings is 2. The molecule has 0 unspecified atom stereocenters. The van der Waals surface area contributed by atoms with Crippen molar-refractivity contribution in [2.45, 2.75) is 96.8 Å². The van der Waals surface area contributed by atoms with Crippen LogP contribution in [0.4, 0.5) is 9.59 Å². The maximum atomic E-state index is 14.0. The third kappa shape index (κ3) is 8.12. The maximum absolute atomic E-state index is 14.0. The number of nitrogens with one attached hydrogen (secondary N) is 4. The number of carbonyl (C=O) groups excluding carboxylic acids is 4. The molecule has 4 fully saturated rings. The molecule has 2 aliphatic heterocycles. The second-order valence-corrected chi connectivity index (χ2v) is 17.6. The first-order chi connectivity index (χ1) is 28.3. The van der Waals surface area contributed by atoms with Crippen molar-refractivity contribution in [3.05, 3.63) is 71.4 Å². The van der Waals surface area contributed by atoms with Crippen molar-refractivity contribution < 1.29 is 28.7 Å². The number of methoxy groups -OCH3 is 2.